The molecule has 3 aromatic rings. The van der Waals surface area contributed by atoms with E-state index in [1.165, 1.54) is 11.3 Å². The summed E-state index contributed by atoms with van der Waals surface area (Å²) in [5.41, 5.74) is 3.21. The lowest BCUT2D eigenvalue weighted by molar-refractivity contribution is -0.0388. The van der Waals surface area contributed by atoms with Gasteiger partial charge in [0.2, 0.25) is 5.88 Å². The van der Waals surface area contributed by atoms with Gasteiger partial charge in [0.15, 0.2) is 4.88 Å². The number of aromatic nitrogens is 1. The molecule has 1 aliphatic carbocycles. The molecule has 6 nitrogen and oxygen atoms in total. The van der Waals surface area contributed by atoms with Crippen molar-refractivity contribution >= 4 is 17.2 Å². The monoisotopic (exact) mass is 405 g/mol. The van der Waals surface area contributed by atoms with Gasteiger partial charge in [-0.1, -0.05) is 30.3 Å². The van der Waals surface area contributed by atoms with E-state index < -0.39 is 5.60 Å². The van der Waals surface area contributed by atoms with E-state index in [0.29, 0.717) is 22.7 Å². The molecule has 0 radical (unpaired) electrons. The fraction of sp³-hybridized carbons (Fsp3) is 0.227. The molecule has 0 unspecified atom stereocenters. The first kappa shape index (κ1) is 19.1. The fourth-order valence-electron chi connectivity index (χ4n) is 3.20. The lowest BCUT2D eigenvalue weighted by Crippen LogP contribution is -2.33. The lowest BCUT2D eigenvalue weighted by Gasteiger charge is -2.37. The molecular formula is C22H19N3O3S. The molecule has 1 amide bonds. The summed E-state index contributed by atoms with van der Waals surface area (Å²) in [4.78, 5) is 17.1. The maximum Gasteiger partial charge on any atom is 0.267 e. The summed E-state index contributed by atoms with van der Waals surface area (Å²) in [5.74, 6) is 0.388. The molecule has 146 valence electrons. The molecular weight excluding hydrogens is 386 g/mol. The summed E-state index contributed by atoms with van der Waals surface area (Å²) in [6.07, 6.45) is 2.65. The normalized spacial score (nSPS) is 14.5. The molecule has 1 heterocycles. The van der Waals surface area contributed by atoms with Crippen molar-refractivity contribution in [3.05, 3.63) is 75.6 Å². The number of hydrogen-bond acceptors (Lipinski definition) is 6. The van der Waals surface area contributed by atoms with E-state index in [1.54, 1.807) is 29.8 Å². The van der Waals surface area contributed by atoms with Gasteiger partial charge in [0.1, 0.15) is 5.75 Å². The average Bonchev–Trinajstić information content (AvgIpc) is 3.19. The number of carbonyl (C=O) groups is 1. The molecule has 0 atom stereocenters. The summed E-state index contributed by atoms with van der Waals surface area (Å²) in [6.45, 7) is 0.360. The number of nitrogens with one attached hydrogen (secondary N) is 1. The number of thiazole rings is 1. The minimum Gasteiger partial charge on any atom is -0.437 e. The molecule has 1 aliphatic rings. The average molecular weight is 405 g/mol. The van der Waals surface area contributed by atoms with Crippen LogP contribution in [0.3, 0.4) is 0 Å². The fourth-order valence-corrected chi connectivity index (χ4v) is 3.82. The van der Waals surface area contributed by atoms with E-state index in [4.69, 9.17) is 10.00 Å². The Morgan fingerprint density at radius 1 is 1.28 bits per heavy atom. The van der Waals surface area contributed by atoms with Gasteiger partial charge in [-0.3, -0.25) is 4.79 Å². The SMILES string of the molecule is N#Cc1cccc(Oc2ncsc2C(=O)NCc2ccc(C3(O)CCC3)cc2)c1. The van der Waals surface area contributed by atoms with Gasteiger partial charge < -0.3 is 15.2 Å². The van der Waals surface area contributed by atoms with Gasteiger partial charge in [0.25, 0.3) is 5.91 Å². The number of rotatable bonds is 6. The maximum atomic E-state index is 12.6. The summed E-state index contributed by atoms with van der Waals surface area (Å²) in [7, 11) is 0. The Morgan fingerprint density at radius 2 is 2.07 bits per heavy atom. The van der Waals surface area contributed by atoms with Crippen LogP contribution in [0.2, 0.25) is 0 Å². The van der Waals surface area contributed by atoms with E-state index >= 15 is 0 Å². The minimum absolute atomic E-state index is 0.213. The van der Waals surface area contributed by atoms with Crippen molar-refractivity contribution in [2.75, 3.05) is 0 Å². The number of hydrogen-bond donors (Lipinski definition) is 2. The van der Waals surface area contributed by atoms with E-state index in [0.717, 1.165) is 30.4 Å². The standard InChI is InChI=1S/C22H19N3O3S/c23-12-16-3-1-4-18(11-16)28-21-19(29-14-25-21)20(26)24-13-15-5-7-17(8-6-15)22(27)9-2-10-22/h1,3-8,11,14,27H,2,9-10,13H2,(H,24,26). The van der Waals surface area contributed by atoms with Crippen LogP contribution in [0.1, 0.15) is 45.6 Å². The number of ether oxygens (including phenoxy) is 1. The Kier molecular flexibility index (Phi) is 5.30. The van der Waals surface area contributed by atoms with Crippen molar-refractivity contribution in [3.8, 4) is 17.7 Å². The zero-order chi connectivity index (χ0) is 20.3. The van der Waals surface area contributed by atoms with Gasteiger partial charge in [-0.25, -0.2) is 4.98 Å². The zero-order valence-electron chi connectivity index (χ0n) is 15.6. The van der Waals surface area contributed by atoms with Crippen LogP contribution >= 0.6 is 11.3 Å². The molecule has 29 heavy (non-hydrogen) atoms. The van der Waals surface area contributed by atoms with Crippen LogP contribution in [0.4, 0.5) is 0 Å². The van der Waals surface area contributed by atoms with Crippen LogP contribution < -0.4 is 10.1 Å². The van der Waals surface area contributed by atoms with E-state index in [2.05, 4.69) is 16.4 Å². The quantitative estimate of drug-likeness (QED) is 0.643. The van der Waals surface area contributed by atoms with Crippen molar-refractivity contribution in [3.63, 3.8) is 0 Å². The molecule has 0 bridgehead atoms. The minimum atomic E-state index is -0.681. The third-order valence-corrected chi connectivity index (χ3v) is 5.85. The Morgan fingerprint density at radius 3 is 2.76 bits per heavy atom. The molecule has 1 fully saturated rings. The first-order chi connectivity index (χ1) is 14.1. The highest BCUT2D eigenvalue weighted by Gasteiger charge is 2.35. The predicted octanol–water partition coefficient (Wildman–Crippen LogP) is 4.11. The van der Waals surface area contributed by atoms with E-state index in [9.17, 15) is 9.90 Å². The van der Waals surface area contributed by atoms with Crippen LogP contribution in [0.5, 0.6) is 11.6 Å². The topological polar surface area (TPSA) is 95.2 Å². The van der Waals surface area contributed by atoms with E-state index in [1.807, 2.05) is 24.3 Å². The van der Waals surface area contributed by atoms with Crippen LogP contribution in [0.25, 0.3) is 0 Å². The Balaban J connectivity index is 1.39. The Hall–Kier alpha value is -3.21. The number of aliphatic hydroxyl groups is 1. The third kappa shape index (κ3) is 4.14. The van der Waals surface area contributed by atoms with Gasteiger partial charge in [0.05, 0.1) is 22.7 Å². The van der Waals surface area contributed by atoms with Crippen molar-refractivity contribution in [1.29, 1.82) is 5.26 Å². The highest BCUT2D eigenvalue weighted by atomic mass is 32.1. The first-order valence-corrected chi connectivity index (χ1v) is 10.2. The molecule has 2 aromatic carbocycles. The predicted molar refractivity (Wildman–Crippen MR) is 109 cm³/mol. The largest absolute Gasteiger partial charge is 0.437 e. The zero-order valence-corrected chi connectivity index (χ0v) is 16.4. The molecule has 1 aromatic heterocycles. The number of nitriles is 1. The summed E-state index contributed by atoms with van der Waals surface area (Å²) < 4.78 is 5.70. The summed E-state index contributed by atoms with van der Waals surface area (Å²) >= 11 is 1.19. The Labute approximate surface area is 172 Å². The van der Waals surface area contributed by atoms with Crippen LogP contribution in [0, 0.1) is 11.3 Å². The van der Waals surface area contributed by atoms with Gasteiger partial charge in [-0.2, -0.15) is 5.26 Å². The van der Waals surface area contributed by atoms with Gasteiger partial charge in [-0.05, 0) is 48.6 Å². The van der Waals surface area contributed by atoms with Crippen molar-refractivity contribution in [2.45, 2.75) is 31.4 Å². The Bertz CT molecular complexity index is 1070. The molecule has 7 heteroatoms. The molecule has 0 aliphatic heterocycles. The molecule has 0 saturated heterocycles. The number of carbonyl (C=O) groups excluding carboxylic acids is 1. The van der Waals surface area contributed by atoms with Crippen molar-refractivity contribution in [2.24, 2.45) is 0 Å². The highest BCUT2D eigenvalue weighted by Crippen LogP contribution is 2.40. The molecule has 2 N–H and O–H groups in total. The number of benzene rings is 2. The second-order valence-corrected chi connectivity index (χ2v) is 7.85. The van der Waals surface area contributed by atoms with Gasteiger partial charge >= 0.3 is 0 Å². The van der Waals surface area contributed by atoms with Crippen LogP contribution in [-0.4, -0.2) is 16.0 Å². The third-order valence-electron chi connectivity index (χ3n) is 5.04. The van der Waals surface area contributed by atoms with Crippen molar-refractivity contribution < 1.29 is 14.6 Å². The van der Waals surface area contributed by atoms with Gasteiger partial charge in [0, 0.05) is 6.54 Å². The summed E-state index contributed by atoms with van der Waals surface area (Å²) in [6, 6.07) is 16.4. The number of amides is 1. The van der Waals surface area contributed by atoms with Gasteiger partial charge in [-0.15, -0.1) is 11.3 Å². The maximum absolute atomic E-state index is 12.6. The second kappa shape index (κ2) is 8.03. The van der Waals surface area contributed by atoms with Crippen molar-refractivity contribution in [1.82, 2.24) is 10.3 Å². The second-order valence-electron chi connectivity index (χ2n) is 6.99. The van der Waals surface area contributed by atoms with Crippen LogP contribution in [0.15, 0.2) is 54.0 Å². The summed E-state index contributed by atoms with van der Waals surface area (Å²) in [5, 5.41) is 22.3. The smallest absolute Gasteiger partial charge is 0.267 e. The lowest BCUT2D eigenvalue weighted by atomic mass is 9.75. The molecule has 0 spiro atoms. The number of nitrogens with zero attached hydrogens (tertiary/aromatic N) is 2. The first-order valence-electron chi connectivity index (χ1n) is 9.29. The highest BCUT2D eigenvalue weighted by molar-refractivity contribution is 7.12. The molecule has 1 saturated carbocycles. The van der Waals surface area contributed by atoms with Crippen LogP contribution in [-0.2, 0) is 12.1 Å². The molecule has 4 rings (SSSR count). The van der Waals surface area contributed by atoms with E-state index in [-0.39, 0.29) is 11.8 Å².